The van der Waals surface area contributed by atoms with Crippen molar-refractivity contribution in [3.05, 3.63) is 57.8 Å². The minimum absolute atomic E-state index is 0.216. The molecular weight excluding hydrogens is 327 g/mol. The lowest BCUT2D eigenvalue weighted by Crippen LogP contribution is -2.03. The number of carbonyl (C=O) groups excluding carboxylic acids is 1. The van der Waals surface area contributed by atoms with E-state index in [1.54, 1.807) is 18.2 Å². The van der Waals surface area contributed by atoms with Crippen molar-refractivity contribution in [3.8, 4) is 11.5 Å². The van der Waals surface area contributed by atoms with Crippen LogP contribution in [0, 0.1) is 5.82 Å². The maximum Gasteiger partial charge on any atom is 0.193 e. The number of halogens is 2. The highest BCUT2D eigenvalue weighted by atomic mass is 79.9. The van der Waals surface area contributed by atoms with E-state index < -0.39 is 5.82 Å². The summed E-state index contributed by atoms with van der Waals surface area (Å²) in [5.41, 5.74) is 0.839. The molecule has 0 heterocycles. The SMILES string of the molecule is COc1ccc(C(=O)c2ccc(F)c(Br)c2)cc1OC. The predicted octanol–water partition coefficient (Wildman–Crippen LogP) is 3.84. The molecule has 0 atom stereocenters. The number of carbonyl (C=O) groups is 1. The number of ether oxygens (including phenoxy) is 2. The van der Waals surface area contributed by atoms with Gasteiger partial charge in [0.1, 0.15) is 5.82 Å². The summed E-state index contributed by atoms with van der Waals surface area (Å²) in [6.45, 7) is 0. The molecule has 0 aromatic heterocycles. The van der Waals surface area contributed by atoms with Crippen molar-refractivity contribution in [1.29, 1.82) is 0 Å². The first kappa shape index (κ1) is 14.5. The number of hydrogen-bond donors (Lipinski definition) is 0. The summed E-state index contributed by atoms with van der Waals surface area (Å²) in [6, 6.07) is 9.04. The zero-order valence-electron chi connectivity index (χ0n) is 10.9. The second-order valence-corrected chi connectivity index (χ2v) is 4.88. The molecule has 5 heteroatoms. The molecule has 104 valence electrons. The molecule has 2 aromatic carbocycles. The molecule has 2 aromatic rings. The van der Waals surface area contributed by atoms with Gasteiger partial charge in [-0.3, -0.25) is 4.79 Å². The maximum atomic E-state index is 13.2. The van der Waals surface area contributed by atoms with E-state index in [0.29, 0.717) is 22.6 Å². The Morgan fingerprint density at radius 1 is 1.00 bits per heavy atom. The van der Waals surface area contributed by atoms with Crippen molar-refractivity contribution in [1.82, 2.24) is 0 Å². The third-order valence-electron chi connectivity index (χ3n) is 2.83. The molecule has 20 heavy (non-hydrogen) atoms. The van der Waals surface area contributed by atoms with Crippen molar-refractivity contribution < 1.29 is 18.7 Å². The van der Waals surface area contributed by atoms with Crippen LogP contribution in [0.15, 0.2) is 40.9 Å². The first-order chi connectivity index (χ1) is 9.56. The van der Waals surface area contributed by atoms with Gasteiger partial charge in [-0.25, -0.2) is 4.39 Å². The quantitative estimate of drug-likeness (QED) is 0.794. The summed E-state index contributed by atoms with van der Waals surface area (Å²) in [5.74, 6) is 0.393. The lowest BCUT2D eigenvalue weighted by molar-refractivity contribution is 0.103. The van der Waals surface area contributed by atoms with Crippen LogP contribution in [0.25, 0.3) is 0 Å². The number of hydrogen-bond acceptors (Lipinski definition) is 3. The number of methoxy groups -OCH3 is 2. The number of rotatable bonds is 4. The van der Waals surface area contributed by atoms with E-state index in [1.807, 2.05) is 0 Å². The van der Waals surface area contributed by atoms with E-state index in [0.717, 1.165) is 0 Å². The molecule has 0 bridgehead atoms. The normalized spacial score (nSPS) is 10.2. The molecule has 0 N–H and O–H groups in total. The van der Waals surface area contributed by atoms with Crippen LogP contribution in [0.3, 0.4) is 0 Å². The molecule has 0 saturated carbocycles. The molecule has 0 radical (unpaired) electrons. The molecule has 3 nitrogen and oxygen atoms in total. The van der Waals surface area contributed by atoms with Crippen LogP contribution in [0.1, 0.15) is 15.9 Å². The Morgan fingerprint density at radius 2 is 1.60 bits per heavy atom. The van der Waals surface area contributed by atoms with E-state index in [2.05, 4.69) is 15.9 Å². The van der Waals surface area contributed by atoms with Crippen LogP contribution in [-0.4, -0.2) is 20.0 Å². The van der Waals surface area contributed by atoms with E-state index in [-0.39, 0.29) is 10.3 Å². The fourth-order valence-electron chi connectivity index (χ4n) is 1.78. The van der Waals surface area contributed by atoms with Crippen molar-refractivity contribution in [2.75, 3.05) is 14.2 Å². The Bertz CT molecular complexity index is 656. The second kappa shape index (κ2) is 6.05. The molecule has 0 fully saturated rings. The van der Waals surface area contributed by atoms with Crippen molar-refractivity contribution in [3.63, 3.8) is 0 Å². The Morgan fingerprint density at radius 3 is 2.20 bits per heavy atom. The Hall–Kier alpha value is -1.88. The van der Waals surface area contributed by atoms with Crippen molar-refractivity contribution in [2.45, 2.75) is 0 Å². The highest BCUT2D eigenvalue weighted by Crippen LogP contribution is 2.29. The highest BCUT2D eigenvalue weighted by Gasteiger charge is 2.14. The summed E-state index contributed by atoms with van der Waals surface area (Å²) in [4.78, 5) is 12.3. The van der Waals surface area contributed by atoms with Gasteiger partial charge in [0.15, 0.2) is 17.3 Å². The van der Waals surface area contributed by atoms with Crippen molar-refractivity contribution >= 4 is 21.7 Å². The van der Waals surface area contributed by atoms with Gasteiger partial charge in [-0.15, -0.1) is 0 Å². The first-order valence-electron chi connectivity index (χ1n) is 5.78. The van der Waals surface area contributed by atoms with Gasteiger partial charge in [0, 0.05) is 11.1 Å². The summed E-state index contributed by atoms with van der Waals surface area (Å²) in [5, 5.41) is 0. The standard InChI is InChI=1S/C15H12BrFO3/c1-19-13-6-4-10(8-14(13)20-2)15(18)9-3-5-12(17)11(16)7-9/h3-8H,1-2H3. The Labute approximate surface area is 124 Å². The van der Waals surface area contributed by atoms with Gasteiger partial charge in [0.05, 0.1) is 18.7 Å². The average Bonchev–Trinajstić information content (AvgIpc) is 2.48. The molecule has 0 spiro atoms. The van der Waals surface area contributed by atoms with Gasteiger partial charge in [0.25, 0.3) is 0 Å². The van der Waals surface area contributed by atoms with Gasteiger partial charge >= 0.3 is 0 Å². The zero-order chi connectivity index (χ0) is 14.7. The lowest BCUT2D eigenvalue weighted by atomic mass is 10.0. The van der Waals surface area contributed by atoms with Gasteiger partial charge in [0.2, 0.25) is 0 Å². The van der Waals surface area contributed by atoms with Crippen LogP contribution < -0.4 is 9.47 Å². The van der Waals surface area contributed by atoms with Crippen LogP contribution in [0.4, 0.5) is 4.39 Å². The second-order valence-electron chi connectivity index (χ2n) is 4.03. The molecule has 0 aliphatic carbocycles. The van der Waals surface area contributed by atoms with Crippen LogP contribution in [-0.2, 0) is 0 Å². The van der Waals surface area contributed by atoms with E-state index >= 15 is 0 Å². The zero-order valence-corrected chi connectivity index (χ0v) is 12.5. The van der Waals surface area contributed by atoms with Gasteiger partial charge in [-0.2, -0.15) is 0 Å². The smallest absolute Gasteiger partial charge is 0.193 e. The predicted molar refractivity (Wildman–Crippen MR) is 77.1 cm³/mol. The van der Waals surface area contributed by atoms with Gasteiger partial charge in [-0.1, -0.05) is 0 Å². The molecule has 0 aliphatic rings. The summed E-state index contributed by atoms with van der Waals surface area (Å²) < 4.78 is 23.7. The molecular formula is C15H12BrFO3. The average molecular weight is 339 g/mol. The molecule has 0 amide bonds. The summed E-state index contributed by atoms with van der Waals surface area (Å²) >= 11 is 3.07. The summed E-state index contributed by atoms with van der Waals surface area (Å²) in [6.07, 6.45) is 0. The number of ketones is 1. The monoisotopic (exact) mass is 338 g/mol. The largest absolute Gasteiger partial charge is 0.493 e. The fraction of sp³-hybridized carbons (Fsp3) is 0.133. The third kappa shape index (κ3) is 2.82. The fourth-order valence-corrected chi connectivity index (χ4v) is 2.16. The minimum Gasteiger partial charge on any atom is -0.493 e. The van der Waals surface area contributed by atoms with E-state index in [4.69, 9.17) is 9.47 Å². The van der Waals surface area contributed by atoms with E-state index in [1.165, 1.54) is 32.4 Å². The summed E-state index contributed by atoms with van der Waals surface area (Å²) in [7, 11) is 3.02. The molecule has 0 aliphatic heterocycles. The maximum absolute atomic E-state index is 13.2. The highest BCUT2D eigenvalue weighted by molar-refractivity contribution is 9.10. The Kier molecular flexibility index (Phi) is 4.39. The number of benzene rings is 2. The lowest BCUT2D eigenvalue weighted by Gasteiger charge is -2.09. The van der Waals surface area contributed by atoms with Crippen LogP contribution in [0.2, 0.25) is 0 Å². The van der Waals surface area contributed by atoms with Gasteiger partial charge < -0.3 is 9.47 Å². The Balaban J connectivity index is 2.40. The third-order valence-corrected chi connectivity index (χ3v) is 3.44. The van der Waals surface area contributed by atoms with Crippen LogP contribution in [0.5, 0.6) is 11.5 Å². The van der Waals surface area contributed by atoms with E-state index in [9.17, 15) is 9.18 Å². The topological polar surface area (TPSA) is 35.5 Å². The van der Waals surface area contributed by atoms with Crippen LogP contribution >= 0.6 is 15.9 Å². The molecule has 0 saturated heterocycles. The first-order valence-corrected chi connectivity index (χ1v) is 6.58. The molecule has 2 rings (SSSR count). The minimum atomic E-state index is -0.408. The van der Waals surface area contributed by atoms with Gasteiger partial charge in [-0.05, 0) is 52.3 Å². The van der Waals surface area contributed by atoms with Crippen molar-refractivity contribution in [2.24, 2.45) is 0 Å². The molecule has 0 unspecified atom stereocenters.